The van der Waals surface area contributed by atoms with Gasteiger partial charge in [-0.15, -0.1) is 0 Å². The van der Waals surface area contributed by atoms with Crippen LogP contribution in [0, 0.1) is 50.7 Å². The Labute approximate surface area is 325 Å². The summed E-state index contributed by atoms with van der Waals surface area (Å²) >= 11 is -2.54. The van der Waals surface area contributed by atoms with Gasteiger partial charge >= 0.3 is 303 Å². The van der Waals surface area contributed by atoms with Crippen LogP contribution in [0.3, 0.4) is 0 Å². The normalized spacial score (nSPS) is 38.8. The predicted molar refractivity (Wildman–Crippen MR) is 202 cm³/mol. The van der Waals surface area contributed by atoms with Crippen LogP contribution in [0.1, 0.15) is 138 Å². The van der Waals surface area contributed by atoms with Gasteiger partial charge in [0.15, 0.2) is 0 Å². The average molecular weight is 789 g/mol. The zero-order chi connectivity index (χ0) is 33.8. The molecule has 4 bridgehead atoms. The summed E-state index contributed by atoms with van der Waals surface area (Å²) in [7, 11) is 0. The molecule has 50 heavy (non-hydrogen) atoms. The molecule has 0 heterocycles. The summed E-state index contributed by atoms with van der Waals surface area (Å²) in [6, 6.07) is 9.51. The number of halogens is 2. The Morgan fingerprint density at radius 3 is 2.02 bits per heavy atom. The van der Waals surface area contributed by atoms with E-state index in [2.05, 4.69) is 118 Å². The molecule has 0 spiro atoms. The molecule has 0 aromatic heterocycles. The van der Waals surface area contributed by atoms with Gasteiger partial charge in [-0.3, -0.25) is 0 Å². The number of allylic oxidation sites excluding steroid dienone is 10. The Kier molecular flexibility index (Phi) is 8.92. The summed E-state index contributed by atoms with van der Waals surface area (Å²) in [5.74, 6) is 3.60. The van der Waals surface area contributed by atoms with Gasteiger partial charge in [0.25, 0.3) is 0 Å². The van der Waals surface area contributed by atoms with E-state index in [0.29, 0.717) is 11.3 Å². The van der Waals surface area contributed by atoms with Gasteiger partial charge in [-0.1, -0.05) is 0 Å². The van der Waals surface area contributed by atoms with Crippen LogP contribution < -0.4 is 24.8 Å². The molecule has 0 aliphatic heterocycles. The maximum Gasteiger partial charge on any atom is -1.00 e. The summed E-state index contributed by atoms with van der Waals surface area (Å²) < 4.78 is 3.93. The van der Waals surface area contributed by atoms with Gasteiger partial charge < -0.3 is 24.8 Å². The number of hydrogen-bond acceptors (Lipinski definition) is 0. The first-order valence-corrected chi connectivity index (χ1v) is 23.6. The predicted octanol–water partition coefficient (Wildman–Crippen LogP) is 6.82. The van der Waals surface area contributed by atoms with Crippen LogP contribution in [0.25, 0.3) is 5.57 Å². The van der Waals surface area contributed by atoms with Gasteiger partial charge in [0.2, 0.25) is 0 Å². The fraction of sp³-hybridized carbons (Fsp3) is 0.638. The van der Waals surface area contributed by atoms with Gasteiger partial charge in [-0.25, -0.2) is 0 Å². The molecular weight excluding hydrogens is 727 g/mol. The molecule has 1 aromatic carbocycles. The van der Waals surface area contributed by atoms with Crippen molar-refractivity contribution in [1.29, 1.82) is 0 Å². The molecule has 5 fully saturated rings. The second-order valence-electron chi connectivity index (χ2n) is 20.4. The molecule has 0 amide bonds. The van der Waals surface area contributed by atoms with E-state index < -0.39 is 21.3 Å². The molecule has 9 aliphatic rings. The number of rotatable bonds is 3. The first-order valence-electron chi connectivity index (χ1n) is 19.9. The minimum atomic E-state index is -2.54. The largest absolute Gasteiger partial charge is 1.00 e. The van der Waals surface area contributed by atoms with Crippen molar-refractivity contribution in [3.05, 3.63) is 85.3 Å². The zero-order valence-corrected chi connectivity index (χ0v) is 36.7. The molecule has 3 heteroatoms. The van der Waals surface area contributed by atoms with Crippen molar-refractivity contribution in [3.8, 4) is 0 Å². The van der Waals surface area contributed by atoms with Crippen molar-refractivity contribution >= 4 is 8.78 Å². The second kappa shape index (κ2) is 11.9. The second-order valence-corrected chi connectivity index (χ2v) is 28.7. The molecule has 9 aliphatic carbocycles. The van der Waals surface area contributed by atoms with Crippen LogP contribution in [0.5, 0.6) is 0 Å². The third kappa shape index (κ3) is 4.42. The summed E-state index contributed by atoms with van der Waals surface area (Å²) in [5, 5.41) is 0. The number of hydrogen-bond donors (Lipinski definition) is 0. The Hall–Kier alpha value is -0.747. The third-order valence-corrected chi connectivity index (χ3v) is 27.6. The van der Waals surface area contributed by atoms with Crippen molar-refractivity contribution in [1.82, 2.24) is 0 Å². The van der Waals surface area contributed by atoms with Crippen LogP contribution in [0.15, 0.2) is 74.1 Å². The van der Waals surface area contributed by atoms with E-state index in [9.17, 15) is 0 Å². The summed E-state index contributed by atoms with van der Waals surface area (Å²) in [6.45, 7) is 27.1. The molecular formula is C47H62Cl2Zr. The average Bonchev–Trinajstić information content (AvgIpc) is 3.65. The van der Waals surface area contributed by atoms with Gasteiger partial charge in [0.05, 0.1) is 0 Å². The van der Waals surface area contributed by atoms with E-state index in [4.69, 9.17) is 0 Å². The van der Waals surface area contributed by atoms with Gasteiger partial charge in [-0.05, 0) is 0 Å². The van der Waals surface area contributed by atoms with Crippen LogP contribution in [0.2, 0.25) is 3.12 Å². The van der Waals surface area contributed by atoms with Crippen LogP contribution in [0.4, 0.5) is 0 Å². The third-order valence-electron chi connectivity index (χ3n) is 18.1. The monoisotopic (exact) mass is 786 g/mol. The van der Waals surface area contributed by atoms with Gasteiger partial charge in [-0.2, -0.15) is 0 Å². The summed E-state index contributed by atoms with van der Waals surface area (Å²) in [4.78, 5) is 0. The van der Waals surface area contributed by atoms with Gasteiger partial charge in [0.1, 0.15) is 0 Å². The van der Waals surface area contributed by atoms with Gasteiger partial charge in [0, 0.05) is 0 Å². The van der Waals surface area contributed by atoms with E-state index in [1.807, 2.05) is 17.6 Å². The van der Waals surface area contributed by atoms with Crippen LogP contribution >= 0.6 is 0 Å². The molecule has 10 rings (SSSR count). The van der Waals surface area contributed by atoms with E-state index in [1.165, 1.54) is 57.8 Å². The molecule has 1 aromatic rings. The first-order chi connectivity index (χ1) is 22.6. The summed E-state index contributed by atoms with van der Waals surface area (Å²) in [6.07, 6.45) is 24.8. The molecule has 0 saturated heterocycles. The molecule has 0 nitrogen and oxygen atoms in total. The van der Waals surface area contributed by atoms with Crippen molar-refractivity contribution in [2.24, 2.45) is 50.7 Å². The van der Waals surface area contributed by atoms with Crippen molar-refractivity contribution in [3.63, 3.8) is 0 Å². The van der Waals surface area contributed by atoms with Crippen molar-refractivity contribution in [2.75, 3.05) is 0 Å². The molecule has 3 unspecified atom stereocenters. The molecule has 0 N–H and O–H groups in total. The quantitative estimate of drug-likeness (QED) is 0.316. The number of fused-ring (bicyclic) bond motifs is 6. The van der Waals surface area contributed by atoms with E-state index >= 15 is 0 Å². The van der Waals surface area contributed by atoms with Crippen LogP contribution in [-0.2, 0) is 27.7 Å². The topological polar surface area (TPSA) is 0 Å². The molecule has 0 radical (unpaired) electrons. The van der Waals surface area contributed by atoms with Crippen molar-refractivity contribution < 1.29 is 46.1 Å². The Balaban J connectivity index is 0.00000196. The fourth-order valence-corrected chi connectivity index (χ4v) is 26.1. The Morgan fingerprint density at radius 1 is 0.780 bits per heavy atom. The first kappa shape index (κ1) is 37.6. The van der Waals surface area contributed by atoms with E-state index in [0.717, 1.165) is 24.2 Å². The minimum Gasteiger partial charge on any atom is -1.00 e. The minimum absolute atomic E-state index is 0. The maximum atomic E-state index is 2.92. The van der Waals surface area contributed by atoms with Crippen LogP contribution in [-0.4, -0.2) is 3.21 Å². The van der Waals surface area contributed by atoms with E-state index in [1.54, 1.807) is 27.8 Å². The zero-order valence-electron chi connectivity index (χ0n) is 32.8. The Bertz CT molecular complexity index is 1800. The van der Waals surface area contributed by atoms with Crippen molar-refractivity contribution in [2.45, 2.75) is 137 Å². The molecule has 5 saturated carbocycles. The number of benzene rings is 1. The Morgan fingerprint density at radius 2 is 1.40 bits per heavy atom. The SMILES string of the molecule is C[C](C)=[Zr+2]([C]1=CC(C23CC4CC(CC(C4)C2)C3)=CC1)[C]1(C)C2=C3Cc4ccccc4C3=C3C=CCCC3C2(C)C(C)(C)C(C)(C)C1(C)C.[Cl-].[Cl-]. The molecule has 268 valence electrons. The summed E-state index contributed by atoms with van der Waals surface area (Å²) in [5.41, 5.74) is 13.0. The standard InChI is InChI=1S/C29H37.C15H19.C3H6.2ClH.Zr/c1-18-25-22-17-19-13-9-10-14-20(19)24(22)21-15-11-12-16-23(21)29(25,8)28(6,7)27(4,5)26(18,2)3;1-2-4-14(3-1)15-8-11-5-12(9-15)7-13(6-11)10-15;1-3-2;;;/h9-11,13-15,23H,12,16-17H2,1-8H3;3-4,11-13H,1,5-10H2;1-2H3;2*1H;/q;;;;;+2/p-2. The smallest absolute Gasteiger partial charge is 1.00 e. The fourth-order valence-electron chi connectivity index (χ4n) is 15.0. The van der Waals surface area contributed by atoms with E-state index in [-0.39, 0.29) is 49.6 Å². The molecule has 3 atom stereocenters. The maximum absolute atomic E-state index is 2.92.